The molecule has 2 unspecified atom stereocenters. The third-order valence-corrected chi connectivity index (χ3v) is 2.71. The van der Waals surface area contributed by atoms with Crippen molar-refractivity contribution in [1.82, 2.24) is 5.32 Å². The molecule has 6 heteroatoms. The molecule has 2 atom stereocenters. The van der Waals surface area contributed by atoms with Gasteiger partial charge in [0.2, 0.25) is 0 Å². The van der Waals surface area contributed by atoms with E-state index in [1.807, 2.05) is 19.1 Å². The maximum atomic E-state index is 11.7. The van der Waals surface area contributed by atoms with Gasteiger partial charge in [-0.05, 0) is 26.0 Å². The monoisotopic (exact) mass is 281 g/mol. The number of nitrogens with one attached hydrogen (secondary N) is 1. The SMILES string of the molecule is Cc1ccc(OC(C)C(=O)NCCC(O)C(=O)O)cc1. The molecule has 0 aromatic heterocycles. The van der Waals surface area contributed by atoms with E-state index in [0.29, 0.717) is 5.75 Å². The molecule has 0 aliphatic rings. The summed E-state index contributed by atoms with van der Waals surface area (Å²) in [4.78, 5) is 22.1. The fourth-order valence-corrected chi connectivity index (χ4v) is 1.47. The molecule has 110 valence electrons. The number of rotatable bonds is 7. The van der Waals surface area contributed by atoms with Gasteiger partial charge in [0.25, 0.3) is 5.91 Å². The van der Waals surface area contributed by atoms with Crippen LogP contribution in [0, 0.1) is 6.92 Å². The van der Waals surface area contributed by atoms with Gasteiger partial charge in [0.1, 0.15) is 5.75 Å². The van der Waals surface area contributed by atoms with Crippen molar-refractivity contribution < 1.29 is 24.5 Å². The highest BCUT2D eigenvalue weighted by Crippen LogP contribution is 2.13. The molecular weight excluding hydrogens is 262 g/mol. The number of hydrogen-bond acceptors (Lipinski definition) is 4. The highest BCUT2D eigenvalue weighted by molar-refractivity contribution is 5.80. The van der Waals surface area contributed by atoms with Crippen LogP contribution in [-0.2, 0) is 9.59 Å². The molecule has 0 fully saturated rings. The van der Waals surface area contributed by atoms with Crippen LogP contribution in [0.4, 0.5) is 0 Å². The summed E-state index contributed by atoms with van der Waals surface area (Å²) in [6.07, 6.45) is -2.21. The van der Waals surface area contributed by atoms with Crippen LogP contribution < -0.4 is 10.1 Å². The number of aryl methyl sites for hydroxylation is 1. The number of carboxylic acid groups (broad SMARTS) is 1. The van der Waals surface area contributed by atoms with Gasteiger partial charge in [0.15, 0.2) is 12.2 Å². The average molecular weight is 281 g/mol. The van der Waals surface area contributed by atoms with Crippen LogP contribution in [0.3, 0.4) is 0 Å². The number of carbonyl (C=O) groups excluding carboxylic acids is 1. The zero-order valence-electron chi connectivity index (χ0n) is 11.5. The van der Waals surface area contributed by atoms with E-state index in [1.165, 1.54) is 0 Å². The van der Waals surface area contributed by atoms with Crippen molar-refractivity contribution in [3.05, 3.63) is 29.8 Å². The first kappa shape index (κ1) is 16.0. The summed E-state index contributed by atoms with van der Waals surface area (Å²) in [5.41, 5.74) is 1.09. The van der Waals surface area contributed by atoms with Crippen molar-refractivity contribution in [3.8, 4) is 5.75 Å². The van der Waals surface area contributed by atoms with Gasteiger partial charge in [-0.3, -0.25) is 4.79 Å². The topological polar surface area (TPSA) is 95.9 Å². The van der Waals surface area contributed by atoms with Crippen LogP contribution >= 0.6 is 0 Å². The Morgan fingerprint density at radius 3 is 2.45 bits per heavy atom. The van der Waals surface area contributed by atoms with Crippen molar-refractivity contribution >= 4 is 11.9 Å². The van der Waals surface area contributed by atoms with Gasteiger partial charge in [-0.25, -0.2) is 4.79 Å². The number of benzene rings is 1. The van der Waals surface area contributed by atoms with Crippen molar-refractivity contribution in [2.45, 2.75) is 32.5 Å². The number of hydrogen-bond donors (Lipinski definition) is 3. The molecule has 0 saturated heterocycles. The molecule has 20 heavy (non-hydrogen) atoms. The molecular formula is C14H19NO5. The molecule has 1 amide bonds. The molecule has 6 nitrogen and oxygen atoms in total. The molecule has 1 rings (SSSR count). The van der Waals surface area contributed by atoms with Crippen molar-refractivity contribution in [1.29, 1.82) is 0 Å². The van der Waals surface area contributed by atoms with Crippen molar-refractivity contribution in [3.63, 3.8) is 0 Å². The zero-order chi connectivity index (χ0) is 15.1. The minimum absolute atomic E-state index is 0.0433. The Balaban J connectivity index is 2.35. The van der Waals surface area contributed by atoms with Gasteiger partial charge in [0.05, 0.1) is 0 Å². The van der Waals surface area contributed by atoms with Crippen LogP contribution in [0.15, 0.2) is 24.3 Å². The normalized spacial score (nSPS) is 13.3. The first-order valence-corrected chi connectivity index (χ1v) is 6.32. The molecule has 0 saturated carbocycles. The van der Waals surface area contributed by atoms with Crippen LogP contribution in [-0.4, -0.2) is 40.8 Å². The number of carbonyl (C=O) groups is 2. The lowest BCUT2D eigenvalue weighted by Gasteiger charge is -2.15. The van der Waals surface area contributed by atoms with Crippen LogP contribution in [0.2, 0.25) is 0 Å². The van der Waals surface area contributed by atoms with E-state index in [2.05, 4.69) is 5.32 Å². The number of ether oxygens (including phenoxy) is 1. The molecule has 0 aliphatic carbocycles. The lowest BCUT2D eigenvalue weighted by molar-refractivity contribution is -0.147. The van der Waals surface area contributed by atoms with Crippen molar-refractivity contribution in [2.24, 2.45) is 0 Å². The Kier molecular flexibility index (Phi) is 5.99. The van der Waals surface area contributed by atoms with Gasteiger partial charge in [-0.2, -0.15) is 0 Å². The second-order valence-corrected chi connectivity index (χ2v) is 4.51. The maximum Gasteiger partial charge on any atom is 0.332 e. The van der Waals surface area contributed by atoms with E-state index < -0.39 is 18.2 Å². The highest BCUT2D eigenvalue weighted by atomic mass is 16.5. The van der Waals surface area contributed by atoms with Gasteiger partial charge in [-0.1, -0.05) is 17.7 Å². The largest absolute Gasteiger partial charge is 0.481 e. The standard InChI is InChI=1S/C14H19NO5/c1-9-3-5-11(6-4-9)20-10(2)13(17)15-8-7-12(16)14(18)19/h3-6,10,12,16H,7-8H2,1-2H3,(H,15,17)(H,18,19). The second kappa shape index (κ2) is 7.49. The van der Waals surface area contributed by atoms with Crippen LogP contribution in [0.5, 0.6) is 5.75 Å². The highest BCUT2D eigenvalue weighted by Gasteiger charge is 2.16. The minimum atomic E-state index is -1.47. The Hall–Kier alpha value is -2.08. The van der Waals surface area contributed by atoms with Crippen LogP contribution in [0.25, 0.3) is 0 Å². The lowest BCUT2D eigenvalue weighted by atomic mass is 10.2. The minimum Gasteiger partial charge on any atom is -0.481 e. The van der Waals surface area contributed by atoms with Gasteiger partial charge in [0, 0.05) is 13.0 Å². The third-order valence-electron chi connectivity index (χ3n) is 2.71. The number of amides is 1. The summed E-state index contributed by atoms with van der Waals surface area (Å²) in [6.45, 7) is 3.63. The molecule has 0 bridgehead atoms. The Morgan fingerprint density at radius 2 is 1.90 bits per heavy atom. The molecule has 3 N–H and O–H groups in total. The van der Waals surface area contributed by atoms with Gasteiger partial charge in [-0.15, -0.1) is 0 Å². The molecule has 0 aliphatic heterocycles. The molecule has 0 heterocycles. The van der Waals surface area contributed by atoms with Gasteiger partial charge >= 0.3 is 5.97 Å². The van der Waals surface area contributed by atoms with E-state index in [-0.39, 0.29) is 18.9 Å². The van der Waals surface area contributed by atoms with E-state index in [9.17, 15) is 9.59 Å². The van der Waals surface area contributed by atoms with E-state index in [0.717, 1.165) is 5.56 Å². The van der Waals surface area contributed by atoms with E-state index in [4.69, 9.17) is 14.9 Å². The quantitative estimate of drug-likeness (QED) is 0.684. The number of aliphatic carboxylic acids is 1. The maximum absolute atomic E-state index is 11.7. The summed E-state index contributed by atoms with van der Waals surface area (Å²) in [5.74, 6) is -1.07. The number of carboxylic acids is 1. The lowest BCUT2D eigenvalue weighted by Crippen LogP contribution is -2.38. The fourth-order valence-electron chi connectivity index (χ4n) is 1.47. The first-order valence-electron chi connectivity index (χ1n) is 6.32. The first-order chi connectivity index (χ1) is 9.40. The second-order valence-electron chi connectivity index (χ2n) is 4.51. The Morgan fingerprint density at radius 1 is 1.30 bits per heavy atom. The summed E-state index contributed by atoms with van der Waals surface area (Å²) < 4.78 is 5.45. The average Bonchev–Trinajstić information content (AvgIpc) is 2.40. The molecule has 1 aromatic carbocycles. The Labute approximate surface area is 117 Å². The third kappa shape index (κ3) is 5.27. The molecule has 1 aromatic rings. The van der Waals surface area contributed by atoms with E-state index in [1.54, 1.807) is 19.1 Å². The summed E-state index contributed by atoms with van der Waals surface area (Å²) >= 11 is 0. The van der Waals surface area contributed by atoms with E-state index >= 15 is 0 Å². The summed E-state index contributed by atoms with van der Waals surface area (Å²) in [6, 6.07) is 7.30. The molecule has 0 spiro atoms. The summed E-state index contributed by atoms with van der Waals surface area (Å²) in [7, 11) is 0. The fraction of sp³-hybridized carbons (Fsp3) is 0.429. The van der Waals surface area contributed by atoms with Crippen LogP contribution in [0.1, 0.15) is 18.9 Å². The smallest absolute Gasteiger partial charge is 0.332 e. The van der Waals surface area contributed by atoms with Crippen molar-refractivity contribution in [2.75, 3.05) is 6.54 Å². The number of aliphatic hydroxyl groups excluding tert-OH is 1. The predicted molar refractivity (Wildman–Crippen MR) is 72.5 cm³/mol. The number of aliphatic hydroxyl groups is 1. The molecule has 0 radical (unpaired) electrons. The summed E-state index contributed by atoms with van der Waals surface area (Å²) in [5, 5.41) is 20.1. The predicted octanol–water partition coefficient (Wildman–Crippen LogP) is 0.714. The zero-order valence-corrected chi connectivity index (χ0v) is 11.5. The van der Waals surface area contributed by atoms with Gasteiger partial charge < -0.3 is 20.3 Å². The Bertz CT molecular complexity index is 457.